The molecule has 0 aromatic carbocycles. The Morgan fingerprint density at radius 2 is 1.47 bits per heavy atom. The molecule has 0 unspecified atom stereocenters. The minimum atomic E-state index is 0.469. The van der Waals surface area contributed by atoms with Gasteiger partial charge in [0.25, 0.3) is 0 Å². The van der Waals surface area contributed by atoms with Crippen LogP contribution in [-0.4, -0.2) is 9.97 Å². The van der Waals surface area contributed by atoms with Crippen LogP contribution in [0.1, 0.15) is 37.4 Å². The number of hydrogen-bond donors (Lipinski definition) is 0. The third-order valence-electron chi connectivity index (χ3n) is 3.24. The molecule has 1 aromatic rings. The molecular formula is C11H12Cl2N2. The van der Waals surface area contributed by atoms with E-state index in [-0.39, 0.29) is 0 Å². The first-order valence-electron chi connectivity index (χ1n) is 5.44. The molecule has 0 bridgehead atoms. The van der Waals surface area contributed by atoms with Gasteiger partial charge in [0, 0.05) is 12.0 Å². The van der Waals surface area contributed by atoms with Gasteiger partial charge in [0.2, 0.25) is 0 Å². The van der Waals surface area contributed by atoms with Gasteiger partial charge < -0.3 is 0 Å². The minimum absolute atomic E-state index is 0.469. The first-order valence-corrected chi connectivity index (χ1v) is 6.19. The average Bonchev–Trinajstić information content (AvgIpc) is 2.95. The SMILES string of the molecule is Clc1cc(Cl)nc(C(C2CC2)C2CC2)n1. The summed E-state index contributed by atoms with van der Waals surface area (Å²) in [6.45, 7) is 0. The van der Waals surface area contributed by atoms with E-state index in [0.29, 0.717) is 16.2 Å². The summed E-state index contributed by atoms with van der Waals surface area (Å²) in [5.41, 5.74) is 0. The molecule has 3 rings (SSSR count). The maximum Gasteiger partial charge on any atom is 0.135 e. The third-order valence-corrected chi connectivity index (χ3v) is 3.63. The molecule has 0 atom stereocenters. The lowest BCUT2D eigenvalue weighted by molar-refractivity contribution is 0.508. The highest BCUT2D eigenvalue weighted by Crippen LogP contribution is 2.53. The standard InChI is InChI=1S/C11H12Cl2N2/c12-8-5-9(13)15-11(14-8)10(6-1-2-6)7-3-4-7/h5-7,10H,1-4H2. The molecule has 0 spiro atoms. The van der Waals surface area contributed by atoms with E-state index >= 15 is 0 Å². The normalized spacial score (nSPS) is 21.0. The monoisotopic (exact) mass is 242 g/mol. The van der Waals surface area contributed by atoms with Crippen molar-refractivity contribution in [2.45, 2.75) is 31.6 Å². The van der Waals surface area contributed by atoms with Crippen LogP contribution in [0.25, 0.3) is 0 Å². The number of rotatable bonds is 3. The fourth-order valence-electron chi connectivity index (χ4n) is 2.27. The Kier molecular flexibility index (Phi) is 2.37. The third kappa shape index (κ3) is 2.11. The summed E-state index contributed by atoms with van der Waals surface area (Å²) in [7, 11) is 0. The summed E-state index contributed by atoms with van der Waals surface area (Å²) in [6.07, 6.45) is 5.26. The van der Waals surface area contributed by atoms with Crippen LogP contribution in [0.15, 0.2) is 6.07 Å². The van der Waals surface area contributed by atoms with Gasteiger partial charge in [-0.15, -0.1) is 0 Å². The van der Waals surface area contributed by atoms with Crippen LogP contribution in [0.2, 0.25) is 10.3 Å². The van der Waals surface area contributed by atoms with Gasteiger partial charge in [-0.25, -0.2) is 9.97 Å². The molecule has 1 heterocycles. The molecule has 1 aromatic heterocycles. The minimum Gasteiger partial charge on any atom is -0.221 e. The number of hydrogen-bond acceptors (Lipinski definition) is 2. The topological polar surface area (TPSA) is 25.8 Å². The van der Waals surface area contributed by atoms with Crippen LogP contribution in [0, 0.1) is 11.8 Å². The van der Waals surface area contributed by atoms with Crippen molar-refractivity contribution in [1.82, 2.24) is 9.97 Å². The molecule has 2 nitrogen and oxygen atoms in total. The lowest BCUT2D eigenvalue weighted by atomic mass is 9.97. The molecular weight excluding hydrogens is 231 g/mol. The quantitative estimate of drug-likeness (QED) is 0.756. The van der Waals surface area contributed by atoms with Crippen molar-refractivity contribution >= 4 is 23.2 Å². The Bertz CT molecular complexity index is 354. The molecule has 0 N–H and O–H groups in total. The van der Waals surface area contributed by atoms with E-state index in [0.717, 1.165) is 17.7 Å². The smallest absolute Gasteiger partial charge is 0.135 e. The van der Waals surface area contributed by atoms with E-state index in [4.69, 9.17) is 23.2 Å². The molecule has 80 valence electrons. The highest BCUT2D eigenvalue weighted by Gasteiger charge is 2.44. The summed E-state index contributed by atoms with van der Waals surface area (Å²) in [4.78, 5) is 8.65. The Morgan fingerprint density at radius 3 is 1.87 bits per heavy atom. The molecule has 2 saturated carbocycles. The van der Waals surface area contributed by atoms with E-state index in [9.17, 15) is 0 Å². The molecule has 0 saturated heterocycles. The number of nitrogens with zero attached hydrogens (tertiary/aromatic N) is 2. The van der Waals surface area contributed by atoms with E-state index in [1.54, 1.807) is 6.07 Å². The first kappa shape index (κ1) is 9.86. The van der Waals surface area contributed by atoms with Crippen LogP contribution in [0.4, 0.5) is 0 Å². The zero-order chi connectivity index (χ0) is 10.4. The van der Waals surface area contributed by atoms with Gasteiger partial charge in [0.1, 0.15) is 16.1 Å². The molecule has 2 aliphatic rings. The maximum atomic E-state index is 5.91. The predicted octanol–water partition coefficient (Wildman–Crippen LogP) is 3.69. The van der Waals surface area contributed by atoms with Gasteiger partial charge in [-0.05, 0) is 37.5 Å². The van der Waals surface area contributed by atoms with Gasteiger partial charge in [-0.3, -0.25) is 0 Å². The van der Waals surface area contributed by atoms with Crippen LogP contribution in [0.3, 0.4) is 0 Å². The van der Waals surface area contributed by atoms with E-state index in [2.05, 4.69) is 9.97 Å². The fourth-order valence-corrected chi connectivity index (χ4v) is 2.71. The van der Waals surface area contributed by atoms with Crippen LogP contribution >= 0.6 is 23.2 Å². The fraction of sp³-hybridized carbons (Fsp3) is 0.636. The molecule has 15 heavy (non-hydrogen) atoms. The zero-order valence-electron chi connectivity index (χ0n) is 8.29. The Hall–Kier alpha value is -0.340. The molecule has 2 aliphatic carbocycles. The summed E-state index contributed by atoms with van der Waals surface area (Å²) < 4.78 is 0. The highest BCUT2D eigenvalue weighted by molar-refractivity contribution is 6.33. The van der Waals surface area contributed by atoms with Gasteiger partial charge in [-0.1, -0.05) is 23.2 Å². The van der Waals surface area contributed by atoms with E-state index in [1.165, 1.54) is 25.7 Å². The van der Waals surface area contributed by atoms with Crippen molar-refractivity contribution in [3.05, 3.63) is 22.2 Å². The average molecular weight is 243 g/mol. The van der Waals surface area contributed by atoms with Crippen LogP contribution in [0.5, 0.6) is 0 Å². The highest BCUT2D eigenvalue weighted by atomic mass is 35.5. The van der Waals surface area contributed by atoms with E-state index < -0.39 is 0 Å². The van der Waals surface area contributed by atoms with Crippen molar-refractivity contribution in [3.63, 3.8) is 0 Å². The van der Waals surface area contributed by atoms with Crippen LogP contribution in [-0.2, 0) is 0 Å². The van der Waals surface area contributed by atoms with Gasteiger partial charge in [0.05, 0.1) is 0 Å². The molecule has 0 radical (unpaired) electrons. The Morgan fingerprint density at radius 1 is 1.00 bits per heavy atom. The van der Waals surface area contributed by atoms with Gasteiger partial charge >= 0.3 is 0 Å². The first-order chi connectivity index (χ1) is 7.24. The second kappa shape index (κ2) is 3.60. The molecule has 0 amide bonds. The zero-order valence-corrected chi connectivity index (χ0v) is 9.80. The number of halogens is 2. The summed E-state index contributed by atoms with van der Waals surface area (Å²) in [5, 5.41) is 0.938. The number of aromatic nitrogens is 2. The molecule has 4 heteroatoms. The van der Waals surface area contributed by atoms with Crippen molar-refractivity contribution in [2.24, 2.45) is 11.8 Å². The summed E-state index contributed by atoms with van der Waals surface area (Å²) >= 11 is 11.8. The Balaban J connectivity index is 1.94. The van der Waals surface area contributed by atoms with Gasteiger partial charge in [0.15, 0.2) is 0 Å². The van der Waals surface area contributed by atoms with E-state index in [1.807, 2.05) is 0 Å². The summed E-state index contributed by atoms with van der Waals surface area (Å²) in [6, 6.07) is 1.60. The van der Waals surface area contributed by atoms with Crippen molar-refractivity contribution in [3.8, 4) is 0 Å². The Labute approximate surface area is 99.0 Å². The lowest BCUT2D eigenvalue weighted by Gasteiger charge is -2.13. The predicted molar refractivity (Wildman–Crippen MR) is 60.2 cm³/mol. The van der Waals surface area contributed by atoms with Crippen molar-refractivity contribution in [1.29, 1.82) is 0 Å². The molecule has 2 fully saturated rings. The summed E-state index contributed by atoms with van der Waals surface area (Å²) in [5.74, 6) is 2.96. The second-order valence-corrected chi connectivity index (χ2v) is 5.35. The van der Waals surface area contributed by atoms with Gasteiger partial charge in [-0.2, -0.15) is 0 Å². The van der Waals surface area contributed by atoms with Crippen LogP contribution < -0.4 is 0 Å². The second-order valence-electron chi connectivity index (χ2n) is 4.57. The largest absolute Gasteiger partial charge is 0.221 e. The van der Waals surface area contributed by atoms with Crippen molar-refractivity contribution < 1.29 is 0 Å². The lowest BCUT2D eigenvalue weighted by Crippen LogP contribution is -2.09. The van der Waals surface area contributed by atoms with Crippen molar-refractivity contribution in [2.75, 3.05) is 0 Å². The molecule has 0 aliphatic heterocycles. The maximum absolute atomic E-state index is 5.91.